The van der Waals surface area contributed by atoms with Gasteiger partial charge in [0, 0.05) is 44.3 Å². The lowest BCUT2D eigenvalue weighted by Crippen LogP contribution is -2.74. The predicted octanol–water partition coefficient (Wildman–Crippen LogP) is 10.7. The average molecular weight is 727 g/mol. The van der Waals surface area contributed by atoms with Crippen molar-refractivity contribution in [2.24, 2.45) is 16.7 Å². The molecular formula is C52H46N2Si. The molecule has 2 aliphatic rings. The molecular weight excluding hydrogens is 681 g/mol. The highest BCUT2D eigenvalue weighted by atomic mass is 28.3. The van der Waals surface area contributed by atoms with Crippen LogP contribution in [0.5, 0.6) is 0 Å². The fourth-order valence-corrected chi connectivity index (χ4v) is 16.6. The topological polar surface area (TPSA) is 9.86 Å². The van der Waals surface area contributed by atoms with Gasteiger partial charge in [0.2, 0.25) is 0 Å². The lowest BCUT2D eigenvalue weighted by molar-refractivity contribution is 0.0901. The largest absolute Gasteiger partial charge is 0.336 e. The van der Waals surface area contributed by atoms with Crippen LogP contribution >= 0.6 is 0 Å². The highest BCUT2D eigenvalue weighted by molar-refractivity contribution is 7.20. The molecule has 0 aliphatic heterocycles. The van der Waals surface area contributed by atoms with Gasteiger partial charge in [0.15, 0.2) is 8.07 Å². The molecule has 3 unspecified atom stereocenters. The Hall–Kier alpha value is -5.64. The third-order valence-electron chi connectivity index (χ3n) is 14.1. The van der Waals surface area contributed by atoms with Crippen molar-refractivity contribution < 1.29 is 0 Å². The number of hydrogen-bond donors (Lipinski definition) is 0. The van der Waals surface area contributed by atoms with Gasteiger partial charge in [0.1, 0.15) is 0 Å². The molecule has 0 amide bonds. The van der Waals surface area contributed by atoms with Gasteiger partial charge in [-0.25, -0.2) is 0 Å². The normalized spacial score (nSPS) is 20.6. The molecule has 0 N–H and O–H groups in total. The fraction of sp³-hybridized carbons (Fsp3) is 0.192. The first-order valence-corrected chi connectivity index (χ1v) is 22.1. The first-order valence-electron chi connectivity index (χ1n) is 20.1. The molecule has 2 saturated carbocycles. The molecule has 3 atom stereocenters. The number of benzene rings is 7. The molecule has 2 heterocycles. The van der Waals surface area contributed by atoms with Crippen molar-refractivity contribution in [1.82, 2.24) is 9.13 Å². The summed E-state index contributed by atoms with van der Waals surface area (Å²) in [5, 5.41) is 10.9. The summed E-state index contributed by atoms with van der Waals surface area (Å²) in [5.41, 5.74) is 7.01. The third-order valence-corrected chi connectivity index (χ3v) is 18.9. The minimum Gasteiger partial charge on any atom is -0.336 e. The predicted molar refractivity (Wildman–Crippen MR) is 236 cm³/mol. The van der Waals surface area contributed by atoms with Crippen LogP contribution in [-0.2, 0) is 0 Å². The van der Waals surface area contributed by atoms with E-state index in [4.69, 9.17) is 0 Å². The van der Waals surface area contributed by atoms with Crippen LogP contribution in [0.15, 0.2) is 176 Å². The summed E-state index contributed by atoms with van der Waals surface area (Å²) in [6.45, 7) is 7.65. The molecule has 268 valence electrons. The van der Waals surface area contributed by atoms with Crippen molar-refractivity contribution in [3.05, 3.63) is 176 Å². The second-order valence-corrected chi connectivity index (χ2v) is 21.1. The van der Waals surface area contributed by atoms with E-state index in [0.29, 0.717) is 11.5 Å². The summed E-state index contributed by atoms with van der Waals surface area (Å²) in [6, 6.07) is 67.1. The summed E-state index contributed by atoms with van der Waals surface area (Å²) in [7, 11) is -2.69. The quantitative estimate of drug-likeness (QED) is 0.119. The maximum atomic E-state index is 2.76. The molecule has 2 aromatic heterocycles. The Bertz CT molecular complexity index is 2800. The van der Waals surface area contributed by atoms with Crippen molar-refractivity contribution in [3.63, 3.8) is 0 Å². The van der Waals surface area contributed by atoms with Gasteiger partial charge in [0.25, 0.3) is 0 Å². The van der Waals surface area contributed by atoms with E-state index in [0.717, 1.165) is 5.92 Å². The molecule has 2 aliphatic carbocycles. The van der Waals surface area contributed by atoms with Crippen molar-refractivity contribution in [2.45, 2.75) is 46.1 Å². The van der Waals surface area contributed by atoms with Gasteiger partial charge >= 0.3 is 0 Å². The van der Waals surface area contributed by atoms with Crippen molar-refractivity contribution in [2.75, 3.05) is 0 Å². The van der Waals surface area contributed by atoms with Gasteiger partial charge in [-0.3, -0.25) is 0 Å². The second kappa shape index (κ2) is 11.9. The highest BCUT2D eigenvalue weighted by Crippen LogP contribution is 2.69. The highest BCUT2D eigenvalue weighted by Gasteiger charge is 2.60. The Balaban J connectivity index is 1.16. The summed E-state index contributed by atoms with van der Waals surface area (Å²) < 4.78 is 5.27. The average Bonchev–Trinajstić information content (AvgIpc) is 3.94. The van der Waals surface area contributed by atoms with Gasteiger partial charge in [-0.05, 0) is 93.2 Å². The van der Waals surface area contributed by atoms with Crippen LogP contribution in [0.3, 0.4) is 0 Å². The number of hydrogen-bond acceptors (Lipinski definition) is 0. The Morgan fingerprint density at radius 2 is 0.964 bits per heavy atom. The zero-order chi connectivity index (χ0) is 36.9. The SMILES string of the molecule is CC12CCC(C1)C(C)(C)C2n1c2ccccc2c2cc(-n3c4ccccc4c4cc([Si](c5ccccc5)(c5ccccc5)c5ccccc5)ccc43)ccc21. The van der Waals surface area contributed by atoms with Crippen LogP contribution in [0.1, 0.15) is 46.1 Å². The number of fused-ring (bicyclic) bond motifs is 8. The van der Waals surface area contributed by atoms with Crippen molar-refractivity contribution >= 4 is 72.4 Å². The molecule has 0 saturated heterocycles. The van der Waals surface area contributed by atoms with Crippen LogP contribution < -0.4 is 20.7 Å². The number of para-hydroxylation sites is 2. The van der Waals surface area contributed by atoms with E-state index >= 15 is 0 Å². The number of aromatic nitrogens is 2. The molecule has 55 heavy (non-hydrogen) atoms. The molecule has 11 rings (SSSR count). The van der Waals surface area contributed by atoms with Gasteiger partial charge in [-0.1, -0.05) is 160 Å². The van der Waals surface area contributed by atoms with Crippen LogP contribution in [-0.4, -0.2) is 17.2 Å². The summed E-state index contributed by atoms with van der Waals surface area (Å²) in [5.74, 6) is 0.785. The van der Waals surface area contributed by atoms with Gasteiger partial charge < -0.3 is 9.13 Å². The van der Waals surface area contributed by atoms with E-state index in [1.54, 1.807) is 0 Å². The van der Waals surface area contributed by atoms with E-state index in [-0.39, 0.29) is 5.41 Å². The van der Waals surface area contributed by atoms with Crippen LogP contribution in [0.2, 0.25) is 0 Å². The van der Waals surface area contributed by atoms with E-state index < -0.39 is 8.07 Å². The molecule has 3 heteroatoms. The molecule has 2 nitrogen and oxygen atoms in total. The fourth-order valence-electron chi connectivity index (χ4n) is 11.9. The zero-order valence-electron chi connectivity index (χ0n) is 31.9. The monoisotopic (exact) mass is 726 g/mol. The Morgan fingerprint density at radius 1 is 0.473 bits per heavy atom. The van der Waals surface area contributed by atoms with Crippen molar-refractivity contribution in [3.8, 4) is 5.69 Å². The summed E-state index contributed by atoms with van der Waals surface area (Å²) >= 11 is 0. The lowest BCUT2D eigenvalue weighted by Gasteiger charge is -2.44. The molecule has 0 spiro atoms. The molecule has 0 radical (unpaired) electrons. The first-order chi connectivity index (χ1) is 26.9. The van der Waals surface area contributed by atoms with Gasteiger partial charge in [-0.2, -0.15) is 0 Å². The Labute approximate surface area is 324 Å². The van der Waals surface area contributed by atoms with E-state index in [1.807, 2.05) is 0 Å². The molecule has 7 aromatic carbocycles. The maximum absolute atomic E-state index is 2.76. The van der Waals surface area contributed by atoms with Gasteiger partial charge in [-0.15, -0.1) is 0 Å². The minimum atomic E-state index is -2.69. The zero-order valence-corrected chi connectivity index (χ0v) is 32.9. The molecule has 2 bridgehead atoms. The molecule has 2 fully saturated rings. The second-order valence-electron chi connectivity index (χ2n) is 17.3. The van der Waals surface area contributed by atoms with Crippen molar-refractivity contribution in [1.29, 1.82) is 0 Å². The van der Waals surface area contributed by atoms with Crippen LogP contribution in [0.25, 0.3) is 49.3 Å². The minimum absolute atomic E-state index is 0.253. The number of nitrogens with zero attached hydrogens (tertiary/aromatic N) is 2. The standard InChI is InChI=1S/C52H46N2Si/c1-51(2)36-31-32-52(3,35-36)50(51)54-47-26-16-14-23-42(47)44-33-37(27-29-49(44)54)53-46-25-15-13-24-43(46)45-34-41(28-30-48(45)53)55(38-17-7-4-8-18-38,39-19-9-5-10-20-39)40-21-11-6-12-22-40/h4-30,33-34,36,50H,31-32,35H2,1-3H3. The van der Waals surface area contributed by atoms with E-state index in [1.165, 1.54) is 89.3 Å². The lowest BCUT2D eigenvalue weighted by atomic mass is 9.68. The Kier molecular flexibility index (Phi) is 7.10. The maximum Gasteiger partial charge on any atom is 0.179 e. The smallest absolute Gasteiger partial charge is 0.179 e. The van der Waals surface area contributed by atoms with Crippen LogP contribution in [0.4, 0.5) is 0 Å². The third kappa shape index (κ3) is 4.54. The van der Waals surface area contributed by atoms with Crippen LogP contribution in [0, 0.1) is 16.7 Å². The van der Waals surface area contributed by atoms with E-state index in [2.05, 4.69) is 206 Å². The number of rotatable bonds is 6. The van der Waals surface area contributed by atoms with E-state index in [9.17, 15) is 0 Å². The Morgan fingerprint density at radius 3 is 1.56 bits per heavy atom. The molecule has 9 aromatic rings. The summed E-state index contributed by atoms with van der Waals surface area (Å²) in [4.78, 5) is 0. The summed E-state index contributed by atoms with van der Waals surface area (Å²) in [6.07, 6.45) is 4.02. The van der Waals surface area contributed by atoms with Gasteiger partial charge in [0.05, 0.1) is 11.0 Å². The first kappa shape index (κ1) is 32.8.